The fourth-order valence-electron chi connectivity index (χ4n) is 0.463. The molecule has 1 rings (SSSR count). The molecule has 0 fully saturated rings. The summed E-state index contributed by atoms with van der Waals surface area (Å²) in [6, 6.07) is 0. The van der Waals surface area contributed by atoms with Crippen LogP contribution in [0.25, 0.3) is 0 Å². The van der Waals surface area contributed by atoms with Crippen LogP contribution in [0, 0.1) is 0 Å². The molecular weight excluding hydrogens is 164 g/mol. The van der Waals surface area contributed by atoms with Gasteiger partial charge in [-0.15, -0.1) is 0 Å². The van der Waals surface area contributed by atoms with Crippen molar-refractivity contribution in [1.82, 2.24) is 0 Å². The summed E-state index contributed by atoms with van der Waals surface area (Å²) in [5, 5.41) is 0. The molecule has 0 aromatic carbocycles. The molecule has 0 unspecified atom stereocenters. The number of hydrogen-bond donors (Lipinski definition) is 0. The highest BCUT2D eigenvalue weighted by Gasteiger charge is 2.13. The molecule has 0 amide bonds. The van der Waals surface area contributed by atoms with Gasteiger partial charge in [-0.1, -0.05) is 11.8 Å². The van der Waals surface area contributed by atoms with Gasteiger partial charge in [0.05, 0.1) is 6.54 Å². The monoisotopic (exact) mass is 169 g/mol. The van der Waals surface area contributed by atoms with Crippen LogP contribution in [-0.4, -0.2) is 22.4 Å². The second-order valence-corrected chi connectivity index (χ2v) is 3.70. The van der Waals surface area contributed by atoms with Gasteiger partial charge in [0.25, 0.3) is 5.76 Å². The average molecular weight is 169 g/mol. The summed E-state index contributed by atoms with van der Waals surface area (Å²) < 4.78 is 23.6. The molecule has 52 valence electrons. The third-order valence-corrected chi connectivity index (χ3v) is 2.66. The summed E-state index contributed by atoms with van der Waals surface area (Å²) in [7, 11) is 0. The van der Waals surface area contributed by atoms with E-state index in [2.05, 4.69) is 4.99 Å². The third kappa shape index (κ3) is 2.53. The fraction of sp³-hybridized carbons (Fsp3) is 0.750. The van der Waals surface area contributed by atoms with Crippen molar-refractivity contribution in [2.75, 3.05) is 12.3 Å². The number of aliphatic imine (C=N–C) groups is 1. The maximum Gasteiger partial charge on any atom is 0.290 e. The zero-order valence-corrected chi connectivity index (χ0v) is 6.14. The lowest BCUT2D eigenvalue weighted by Gasteiger charge is -1.94. The van der Waals surface area contributed by atoms with E-state index in [1.54, 1.807) is 0 Å². The number of alkyl halides is 2. The van der Waals surface area contributed by atoms with E-state index in [4.69, 9.17) is 0 Å². The van der Waals surface area contributed by atoms with Crippen molar-refractivity contribution in [3.63, 3.8) is 0 Å². The Labute approximate surface area is 60.3 Å². The average Bonchev–Trinajstić information content (AvgIpc) is 2.15. The molecule has 0 aromatic rings. The Kier molecular flexibility index (Phi) is 2.78. The lowest BCUT2D eigenvalue weighted by molar-refractivity contribution is 0.253. The molecule has 0 aliphatic carbocycles. The molecule has 0 bridgehead atoms. The van der Waals surface area contributed by atoms with Crippen molar-refractivity contribution in [3.8, 4) is 0 Å². The van der Waals surface area contributed by atoms with Crippen LogP contribution in [0.4, 0.5) is 8.78 Å². The summed E-state index contributed by atoms with van der Waals surface area (Å²) in [5.74, 6) is -1.45. The normalized spacial score (nSPS) is 18.8. The van der Waals surface area contributed by atoms with Gasteiger partial charge in [0, 0.05) is 5.75 Å². The molecular formula is C4H5F2NS2. The molecule has 1 heterocycles. The Bertz CT molecular complexity index is 126. The zero-order chi connectivity index (χ0) is 6.69. The van der Waals surface area contributed by atoms with Gasteiger partial charge in [0.1, 0.15) is 4.38 Å². The first-order valence-electron chi connectivity index (χ1n) is 2.41. The van der Waals surface area contributed by atoms with Crippen LogP contribution in [0.2, 0.25) is 0 Å². The van der Waals surface area contributed by atoms with Crippen LogP contribution in [-0.2, 0) is 0 Å². The molecule has 1 aliphatic heterocycles. The van der Waals surface area contributed by atoms with E-state index < -0.39 is 5.76 Å². The van der Waals surface area contributed by atoms with Crippen molar-refractivity contribution < 1.29 is 8.78 Å². The van der Waals surface area contributed by atoms with Crippen LogP contribution < -0.4 is 0 Å². The smallest absolute Gasteiger partial charge is 0.271 e. The van der Waals surface area contributed by atoms with E-state index in [0.717, 1.165) is 5.75 Å². The second-order valence-electron chi connectivity index (χ2n) is 1.37. The third-order valence-electron chi connectivity index (χ3n) is 0.748. The zero-order valence-electron chi connectivity index (χ0n) is 4.51. The van der Waals surface area contributed by atoms with Crippen molar-refractivity contribution >= 4 is 27.9 Å². The Hall–Kier alpha value is 0.230. The summed E-state index contributed by atoms with van der Waals surface area (Å²) in [6.45, 7) is 0.694. The highest BCUT2D eigenvalue weighted by atomic mass is 32.2. The molecule has 0 aromatic heterocycles. The molecule has 5 heteroatoms. The van der Waals surface area contributed by atoms with Crippen LogP contribution >= 0.6 is 23.5 Å². The molecule has 0 saturated carbocycles. The standard InChI is InChI=1S/C4H5F2NS2/c5-3(6)9-4-7-1-2-8-4/h3H,1-2H2. The minimum absolute atomic E-state index is 0.532. The first-order chi connectivity index (χ1) is 4.29. The quantitative estimate of drug-likeness (QED) is 0.595. The number of halogens is 2. The van der Waals surface area contributed by atoms with Crippen molar-refractivity contribution in [1.29, 1.82) is 0 Å². The molecule has 0 atom stereocenters. The lowest BCUT2D eigenvalue weighted by Crippen LogP contribution is -1.86. The maximum absolute atomic E-state index is 11.6. The molecule has 0 N–H and O–H groups in total. The first-order valence-corrected chi connectivity index (χ1v) is 4.27. The SMILES string of the molecule is FC(F)SC1=NCCS1. The van der Waals surface area contributed by atoms with E-state index >= 15 is 0 Å². The van der Waals surface area contributed by atoms with Gasteiger partial charge >= 0.3 is 0 Å². The molecule has 0 spiro atoms. The summed E-state index contributed by atoms with van der Waals surface area (Å²) in [4.78, 5) is 3.84. The summed E-state index contributed by atoms with van der Waals surface area (Å²) >= 11 is 1.95. The fourth-order valence-corrected chi connectivity index (χ4v) is 2.06. The molecule has 0 radical (unpaired) electrons. The van der Waals surface area contributed by atoms with Crippen LogP contribution in [0.1, 0.15) is 0 Å². The van der Waals surface area contributed by atoms with Crippen LogP contribution in [0.15, 0.2) is 4.99 Å². The van der Waals surface area contributed by atoms with Crippen molar-refractivity contribution in [3.05, 3.63) is 0 Å². The Morgan fingerprint density at radius 2 is 2.44 bits per heavy atom. The molecule has 0 saturated heterocycles. The largest absolute Gasteiger partial charge is 0.290 e. The Morgan fingerprint density at radius 3 is 2.89 bits per heavy atom. The van der Waals surface area contributed by atoms with E-state index in [1.165, 1.54) is 11.8 Å². The van der Waals surface area contributed by atoms with E-state index in [-0.39, 0.29) is 0 Å². The van der Waals surface area contributed by atoms with Crippen LogP contribution in [0.5, 0.6) is 0 Å². The van der Waals surface area contributed by atoms with Crippen molar-refractivity contribution in [2.24, 2.45) is 4.99 Å². The van der Waals surface area contributed by atoms with Gasteiger partial charge in [-0.3, -0.25) is 4.99 Å². The molecule has 1 nitrogen and oxygen atoms in total. The molecule has 9 heavy (non-hydrogen) atoms. The van der Waals surface area contributed by atoms with Gasteiger partial charge in [-0.2, -0.15) is 8.78 Å². The van der Waals surface area contributed by atoms with Gasteiger partial charge in [0.2, 0.25) is 0 Å². The maximum atomic E-state index is 11.6. The number of rotatable bonds is 1. The minimum atomic E-state index is -2.31. The van der Waals surface area contributed by atoms with E-state index in [9.17, 15) is 8.78 Å². The van der Waals surface area contributed by atoms with E-state index in [0.29, 0.717) is 22.7 Å². The van der Waals surface area contributed by atoms with Crippen LogP contribution in [0.3, 0.4) is 0 Å². The number of thioether (sulfide) groups is 2. The van der Waals surface area contributed by atoms with E-state index in [1.807, 2.05) is 0 Å². The Morgan fingerprint density at radius 1 is 1.67 bits per heavy atom. The number of hydrogen-bond acceptors (Lipinski definition) is 3. The van der Waals surface area contributed by atoms with Gasteiger partial charge < -0.3 is 0 Å². The van der Waals surface area contributed by atoms with Gasteiger partial charge in [0.15, 0.2) is 0 Å². The Balaban J connectivity index is 2.26. The van der Waals surface area contributed by atoms with Crippen molar-refractivity contribution in [2.45, 2.75) is 5.76 Å². The first kappa shape index (κ1) is 7.34. The lowest BCUT2D eigenvalue weighted by atomic mass is 10.8. The summed E-state index contributed by atoms with van der Waals surface area (Å²) in [6.07, 6.45) is 0. The highest BCUT2D eigenvalue weighted by molar-refractivity contribution is 8.39. The van der Waals surface area contributed by atoms with Gasteiger partial charge in [-0.25, -0.2) is 0 Å². The van der Waals surface area contributed by atoms with Gasteiger partial charge in [-0.05, 0) is 11.8 Å². The number of nitrogens with zero attached hydrogens (tertiary/aromatic N) is 1. The predicted molar refractivity (Wildman–Crippen MR) is 38.4 cm³/mol. The minimum Gasteiger partial charge on any atom is -0.271 e. The molecule has 1 aliphatic rings. The highest BCUT2D eigenvalue weighted by Crippen LogP contribution is 2.26. The second kappa shape index (κ2) is 3.41. The predicted octanol–water partition coefficient (Wildman–Crippen LogP) is 2.04. The topological polar surface area (TPSA) is 12.4 Å². The summed E-state index contributed by atoms with van der Waals surface area (Å²) in [5.41, 5.74) is 0.